The van der Waals surface area contributed by atoms with E-state index in [0.29, 0.717) is 17.9 Å². The zero-order valence-corrected chi connectivity index (χ0v) is 13.3. The molecule has 0 aromatic heterocycles. The molecule has 0 bridgehead atoms. The number of phenolic OH excluding ortho intramolecular Hbond substituents is 1. The molecule has 0 aliphatic rings. The van der Waals surface area contributed by atoms with Crippen molar-refractivity contribution in [3.05, 3.63) is 59.2 Å². The second-order valence-corrected chi connectivity index (χ2v) is 5.84. The van der Waals surface area contributed by atoms with Gasteiger partial charge in [-0.25, -0.2) is 0 Å². The maximum atomic E-state index is 9.43. The molecular formula is C19H21NO2. The molecule has 2 aromatic carbocycles. The molecule has 3 nitrogen and oxygen atoms in total. The van der Waals surface area contributed by atoms with Crippen LogP contribution in [-0.4, -0.2) is 11.7 Å². The van der Waals surface area contributed by atoms with Gasteiger partial charge in [0.1, 0.15) is 17.6 Å². The van der Waals surface area contributed by atoms with Crippen molar-refractivity contribution in [2.45, 2.75) is 32.6 Å². The monoisotopic (exact) mass is 295 g/mol. The van der Waals surface area contributed by atoms with Crippen molar-refractivity contribution >= 4 is 0 Å². The summed E-state index contributed by atoms with van der Waals surface area (Å²) in [6, 6.07) is 15.1. The second-order valence-electron chi connectivity index (χ2n) is 5.84. The van der Waals surface area contributed by atoms with E-state index in [9.17, 15) is 10.4 Å². The molecule has 0 heterocycles. The first-order valence-electron chi connectivity index (χ1n) is 7.46. The molecule has 0 amide bonds. The van der Waals surface area contributed by atoms with Crippen LogP contribution >= 0.6 is 0 Å². The summed E-state index contributed by atoms with van der Waals surface area (Å²) in [5, 5.41) is 18.8. The van der Waals surface area contributed by atoms with Crippen molar-refractivity contribution in [2.75, 3.05) is 6.61 Å². The molecule has 114 valence electrons. The minimum absolute atomic E-state index is 0.251. The summed E-state index contributed by atoms with van der Waals surface area (Å²) in [4.78, 5) is 0. The van der Waals surface area contributed by atoms with Crippen LogP contribution in [0.2, 0.25) is 0 Å². The third-order valence-electron chi connectivity index (χ3n) is 3.87. The minimum Gasteiger partial charge on any atom is -0.508 e. The number of benzene rings is 2. The van der Waals surface area contributed by atoms with Gasteiger partial charge < -0.3 is 9.84 Å². The molecule has 0 fully saturated rings. The maximum absolute atomic E-state index is 9.43. The molecule has 22 heavy (non-hydrogen) atoms. The van der Waals surface area contributed by atoms with Crippen LogP contribution in [-0.2, 0) is 5.41 Å². The summed E-state index contributed by atoms with van der Waals surface area (Å²) >= 11 is 0. The minimum atomic E-state index is -0.261. The Morgan fingerprint density at radius 1 is 1.09 bits per heavy atom. The Hall–Kier alpha value is -2.47. The summed E-state index contributed by atoms with van der Waals surface area (Å²) in [5.74, 6) is 0.884. The summed E-state index contributed by atoms with van der Waals surface area (Å²) in [6.07, 6.45) is 0.908. The van der Waals surface area contributed by atoms with E-state index in [1.165, 1.54) is 0 Å². The van der Waals surface area contributed by atoms with E-state index < -0.39 is 0 Å². The lowest BCUT2D eigenvalue weighted by Crippen LogP contribution is -2.19. The van der Waals surface area contributed by atoms with Crippen LogP contribution in [0.25, 0.3) is 0 Å². The Bertz CT molecular complexity index is 682. The van der Waals surface area contributed by atoms with Crippen LogP contribution < -0.4 is 4.74 Å². The van der Waals surface area contributed by atoms with Gasteiger partial charge in [-0.2, -0.15) is 5.26 Å². The zero-order valence-electron chi connectivity index (χ0n) is 13.3. The molecular weight excluding hydrogens is 274 g/mol. The number of nitrogens with zero attached hydrogens (tertiary/aromatic N) is 1. The predicted molar refractivity (Wildman–Crippen MR) is 87.2 cm³/mol. The van der Waals surface area contributed by atoms with Gasteiger partial charge >= 0.3 is 0 Å². The van der Waals surface area contributed by atoms with Crippen LogP contribution in [0, 0.1) is 11.3 Å². The number of phenols is 1. The largest absolute Gasteiger partial charge is 0.508 e. The highest BCUT2D eigenvalue weighted by Crippen LogP contribution is 2.34. The zero-order chi connectivity index (χ0) is 16.2. The van der Waals surface area contributed by atoms with Gasteiger partial charge in [0.15, 0.2) is 0 Å². The highest BCUT2D eigenvalue weighted by Gasteiger charge is 2.24. The number of rotatable bonds is 5. The third-order valence-corrected chi connectivity index (χ3v) is 3.87. The molecule has 2 aromatic rings. The lowest BCUT2D eigenvalue weighted by Gasteiger charge is -2.26. The maximum Gasteiger partial charge on any atom is 0.137 e. The SMILES string of the molecule is CCCOc1ccc(C(C)(C)c2ccc(O)cc2)cc1C#N. The average molecular weight is 295 g/mol. The molecule has 1 N–H and O–H groups in total. The van der Waals surface area contributed by atoms with Gasteiger partial charge in [0.25, 0.3) is 0 Å². The van der Waals surface area contributed by atoms with Gasteiger partial charge in [-0.3, -0.25) is 0 Å². The summed E-state index contributed by atoms with van der Waals surface area (Å²) < 4.78 is 5.61. The van der Waals surface area contributed by atoms with Gasteiger partial charge in [0.2, 0.25) is 0 Å². The molecule has 0 spiro atoms. The molecule has 0 aliphatic heterocycles. The highest BCUT2D eigenvalue weighted by molar-refractivity contribution is 5.49. The lowest BCUT2D eigenvalue weighted by molar-refractivity contribution is 0.316. The fourth-order valence-electron chi connectivity index (χ4n) is 2.39. The molecule has 0 unspecified atom stereocenters. The van der Waals surface area contributed by atoms with Gasteiger partial charge in [-0.1, -0.05) is 39.0 Å². The van der Waals surface area contributed by atoms with Crippen LogP contribution in [0.1, 0.15) is 43.9 Å². The molecule has 2 rings (SSSR count). The molecule has 0 saturated carbocycles. The van der Waals surface area contributed by atoms with Crippen LogP contribution in [0.3, 0.4) is 0 Å². The molecule has 0 saturated heterocycles. The summed E-state index contributed by atoms with van der Waals surface area (Å²) in [5.41, 5.74) is 2.41. The van der Waals surface area contributed by atoms with Crippen molar-refractivity contribution in [3.63, 3.8) is 0 Å². The van der Waals surface area contributed by atoms with E-state index in [1.807, 2.05) is 37.3 Å². The number of aromatic hydroxyl groups is 1. The summed E-state index contributed by atoms with van der Waals surface area (Å²) in [7, 11) is 0. The Kier molecular flexibility index (Phi) is 4.72. The first-order chi connectivity index (χ1) is 10.5. The third kappa shape index (κ3) is 3.23. The number of hydrogen-bond donors (Lipinski definition) is 1. The van der Waals surface area contributed by atoms with Gasteiger partial charge in [0.05, 0.1) is 12.2 Å². The van der Waals surface area contributed by atoms with Gasteiger partial charge in [0, 0.05) is 5.41 Å². The second kappa shape index (κ2) is 6.53. The quantitative estimate of drug-likeness (QED) is 0.890. The standard InChI is InChI=1S/C19H21NO2/c1-4-11-22-18-10-7-16(12-14(18)13-20)19(2,3)15-5-8-17(21)9-6-15/h5-10,12,21H,4,11H2,1-3H3. The summed E-state index contributed by atoms with van der Waals surface area (Å²) in [6.45, 7) is 6.84. The fraction of sp³-hybridized carbons (Fsp3) is 0.316. The van der Waals surface area contributed by atoms with E-state index in [2.05, 4.69) is 19.9 Å². The van der Waals surface area contributed by atoms with E-state index in [4.69, 9.17) is 4.74 Å². The van der Waals surface area contributed by atoms with Crippen molar-refractivity contribution < 1.29 is 9.84 Å². The van der Waals surface area contributed by atoms with E-state index in [-0.39, 0.29) is 11.2 Å². The highest BCUT2D eigenvalue weighted by atomic mass is 16.5. The topological polar surface area (TPSA) is 53.2 Å². The Morgan fingerprint density at radius 2 is 1.73 bits per heavy atom. The van der Waals surface area contributed by atoms with E-state index in [0.717, 1.165) is 17.5 Å². The number of nitriles is 1. The predicted octanol–water partition coefficient (Wildman–Crippen LogP) is 4.38. The molecule has 0 aliphatic carbocycles. The number of ether oxygens (including phenoxy) is 1. The smallest absolute Gasteiger partial charge is 0.137 e. The van der Waals surface area contributed by atoms with Crippen LogP contribution in [0.4, 0.5) is 0 Å². The normalized spacial score (nSPS) is 11.0. The van der Waals surface area contributed by atoms with E-state index in [1.54, 1.807) is 12.1 Å². The molecule has 0 radical (unpaired) electrons. The van der Waals surface area contributed by atoms with Crippen molar-refractivity contribution in [3.8, 4) is 17.6 Å². The van der Waals surface area contributed by atoms with Crippen molar-refractivity contribution in [1.82, 2.24) is 0 Å². The fourth-order valence-corrected chi connectivity index (χ4v) is 2.39. The number of hydrogen-bond acceptors (Lipinski definition) is 3. The van der Waals surface area contributed by atoms with Crippen LogP contribution in [0.15, 0.2) is 42.5 Å². The Morgan fingerprint density at radius 3 is 2.32 bits per heavy atom. The van der Waals surface area contributed by atoms with Gasteiger partial charge in [-0.15, -0.1) is 0 Å². The lowest BCUT2D eigenvalue weighted by atomic mass is 9.77. The van der Waals surface area contributed by atoms with E-state index >= 15 is 0 Å². The molecule has 0 atom stereocenters. The average Bonchev–Trinajstić information content (AvgIpc) is 2.53. The first-order valence-corrected chi connectivity index (χ1v) is 7.46. The Labute approximate surface area is 131 Å². The first kappa shape index (κ1) is 15.9. The molecule has 3 heteroatoms. The van der Waals surface area contributed by atoms with Crippen LogP contribution in [0.5, 0.6) is 11.5 Å². The van der Waals surface area contributed by atoms with Crippen molar-refractivity contribution in [2.24, 2.45) is 0 Å². The van der Waals surface area contributed by atoms with Gasteiger partial charge in [-0.05, 0) is 41.8 Å². The Balaban J connectivity index is 2.39. The van der Waals surface area contributed by atoms with Crippen molar-refractivity contribution in [1.29, 1.82) is 5.26 Å².